The van der Waals surface area contributed by atoms with E-state index >= 15 is 0 Å². The number of pyridine rings is 1. The van der Waals surface area contributed by atoms with E-state index in [1.807, 2.05) is 18.5 Å². The molecule has 0 unspecified atom stereocenters. The highest BCUT2D eigenvalue weighted by Gasteiger charge is 2.58. The summed E-state index contributed by atoms with van der Waals surface area (Å²) in [5.41, 5.74) is 8.40. The first-order valence-electron chi connectivity index (χ1n) is 17.6. The van der Waals surface area contributed by atoms with Crippen molar-refractivity contribution in [3.05, 3.63) is 46.4 Å². The molecule has 1 spiro atoms. The van der Waals surface area contributed by atoms with Gasteiger partial charge in [0.2, 0.25) is 0 Å². The van der Waals surface area contributed by atoms with Crippen LogP contribution in [0.4, 0.5) is 10.2 Å². The SMILES string of the molecule is F[C@H]1CN2CCC[C@@]2(COc2nc(N3C[C@H]4CC[C@@H](C3)N4)c3c(n2)C2(CC2)c2c-3ccnc2-c2c(C3CC3)c(Cl)cc3[nH]ncc23)C1. The summed E-state index contributed by atoms with van der Waals surface area (Å²) in [6, 6.07) is 5.55. The van der Waals surface area contributed by atoms with Crippen molar-refractivity contribution in [3.8, 4) is 28.4 Å². The van der Waals surface area contributed by atoms with Crippen LogP contribution in [-0.2, 0) is 5.41 Å². The van der Waals surface area contributed by atoms with Gasteiger partial charge in [0, 0.05) is 71.3 Å². The molecule has 242 valence electrons. The van der Waals surface area contributed by atoms with Gasteiger partial charge in [-0.3, -0.25) is 15.0 Å². The maximum absolute atomic E-state index is 14.6. The standard InChI is InChI=1S/C36H38ClFN8O/c37-25-12-26-24(14-40-44-26)28(27(25)19-2-3-19)31-30-23(6-10-39-31)29-32(36(30)8-9-36)42-34(43-33(29)45-16-21-4-5-22(17-45)41-21)47-18-35-7-1-11-46(35)15-20(38)13-35/h6,10,12,14,19-22,41H,1-5,7-9,11,13,15-18H2,(H,40,44)/t20-,21-,22+,35+/m1/s1. The minimum atomic E-state index is -0.796. The smallest absolute Gasteiger partial charge is 0.318 e. The molecule has 7 aliphatic rings. The number of fused-ring (bicyclic) bond motifs is 9. The average molecular weight is 653 g/mol. The van der Waals surface area contributed by atoms with E-state index in [1.165, 1.54) is 29.5 Å². The molecule has 4 aromatic rings. The first-order chi connectivity index (χ1) is 23.0. The third kappa shape index (κ3) is 3.95. The second-order valence-electron chi connectivity index (χ2n) is 15.4. The van der Waals surface area contributed by atoms with Gasteiger partial charge >= 0.3 is 6.01 Å². The number of nitrogens with zero attached hydrogens (tertiary/aromatic N) is 6. The highest BCUT2D eigenvalue weighted by molar-refractivity contribution is 6.33. The van der Waals surface area contributed by atoms with Gasteiger partial charge in [-0.05, 0) is 92.7 Å². The number of aromatic amines is 1. The zero-order valence-corrected chi connectivity index (χ0v) is 27.1. The van der Waals surface area contributed by atoms with Crippen molar-refractivity contribution in [1.29, 1.82) is 0 Å². The lowest BCUT2D eigenvalue weighted by molar-refractivity contribution is 0.107. The highest BCUT2D eigenvalue weighted by atomic mass is 35.5. The molecule has 11 rings (SSSR count). The van der Waals surface area contributed by atoms with Gasteiger partial charge in [0.05, 0.1) is 28.6 Å². The van der Waals surface area contributed by atoms with Crippen LogP contribution in [-0.4, -0.2) is 86.6 Å². The Morgan fingerprint density at radius 1 is 1.04 bits per heavy atom. The zero-order chi connectivity index (χ0) is 31.1. The summed E-state index contributed by atoms with van der Waals surface area (Å²) in [7, 11) is 0. The fourth-order valence-corrected chi connectivity index (χ4v) is 10.5. The molecule has 2 N–H and O–H groups in total. The zero-order valence-electron chi connectivity index (χ0n) is 26.4. The number of benzene rings is 1. The highest BCUT2D eigenvalue weighted by Crippen LogP contribution is 2.66. The molecular weight excluding hydrogens is 615 g/mol. The van der Waals surface area contributed by atoms with Crippen molar-refractivity contribution in [2.45, 2.75) is 92.9 Å². The maximum Gasteiger partial charge on any atom is 0.318 e. The second-order valence-corrected chi connectivity index (χ2v) is 15.8. The number of alkyl halides is 1. The minimum absolute atomic E-state index is 0.245. The Morgan fingerprint density at radius 3 is 2.70 bits per heavy atom. The van der Waals surface area contributed by atoms with Crippen molar-refractivity contribution in [2.24, 2.45) is 0 Å². The molecule has 9 nitrogen and oxygen atoms in total. The Hall–Kier alpha value is -3.34. The van der Waals surface area contributed by atoms with Gasteiger partial charge < -0.3 is 15.0 Å². The van der Waals surface area contributed by atoms with Gasteiger partial charge in [0.1, 0.15) is 18.6 Å². The number of H-pyrrole nitrogens is 1. The molecule has 1 aromatic carbocycles. The molecule has 4 saturated heterocycles. The fraction of sp³-hybridized carbons (Fsp3) is 0.556. The van der Waals surface area contributed by atoms with Crippen LogP contribution in [0.15, 0.2) is 24.5 Å². The van der Waals surface area contributed by atoms with Crippen molar-refractivity contribution in [2.75, 3.05) is 37.7 Å². The number of piperazine rings is 1. The normalized spacial score (nSPS) is 29.9. The molecular formula is C36H38ClFN8O. The number of anilines is 1. The molecule has 47 heavy (non-hydrogen) atoms. The van der Waals surface area contributed by atoms with Crippen LogP contribution in [0.1, 0.15) is 80.5 Å². The average Bonchev–Trinajstić information content (AvgIpc) is 3.87. The summed E-state index contributed by atoms with van der Waals surface area (Å²) in [5.74, 6) is 1.41. The Kier molecular flexibility index (Phi) is 5.66. The summed E-state index contributed by atoms with van der Waals surface area (Å²) in [6.07, 6.45) is 12.3. The monoisotopic (exact) mass is 652 g/mol. The molecule has 0 radical (unpaired) electrons. The van der Waals surface area contributed by atoms with Crippen LogP contribution in [0, 0.1) is 0 Å². The molecule has 3 aliphatic carbocycles. The Bertz CT molecular complexity index is 1960. The van der Waals surface area contributed by atoms with E-state index in [4.69, 9.17) is 31.3 Å². The molecule has 0 amide bonds. The number of rotatable bonds is 6. The lowest BCUT2D eigenvalue weighted by Crippen LogP contribution is -2.51. The largest absolute Gasteiger partial charge is 0.461 e. The van der Waals surface area contributed by atoms with E-state index in [1.54, 1.807) is 0 Å². The Morgan fingerprint density at radius 2 is 1.89 bits per heavy atom. The van der Waals surface area contributed by atoms with Gasteiger partial charge in [-0.15, -0.1) is 0 Å². The van der Waals surface area contributed by atoms with Crippen LogP contribution in [0.25, 0.3) is 33.3 Å². The van der Waals surface area contributed by atoms with Gasteiger partial charge in [-0.1, -0.05) is 11.6 Å². The molecule has 2 bridgehead atoms. The van der Waals surface area contributed by atoms with Crippen molar-refractivity contribution < 1.29 is 9.13 Å². The summed E-state index contributed by atoms with van der Waals surface area (Å²) < 4.78 is 21.3. The lowest BCUT2D eigenvalue weighted by atomic mass is 9.88. The number of aromatic nitrogens is 5. The summed E-state index contributed by atoms with van der Waals surface area (Å²) in [5, 5.41) is 13.3. The van der Waals surface area contributed by atoms with Crippen molar-refractivity contribution in [3.63, 3.8) is 0 Å². The molecule has 2 saturated carbocycles. The summed E-state index contributed by atoms with van der Waals surface area (Å²) in [6.45, 7) is 3.70. The Balaban J connectivity index is 1.08. The lowest BCUT2D eigenvalue weighted by Gasteiger charge is -2.35. The number of nitrogens with one attached hydrogen (secondary N) is 2. The van der Waals surface area contributed by atoms with Crippen LogP contribution < -0.4 is 15.0 Å². The van der Waals surface area contributed by atoms with Gasteiger partial charge in [0.15, 0.2) is 0 Å². The molecule has 7 heterocycles. The van der Waals surface area contributed by atoms with E-state index in [2.05, 4.69) is 31.4 Å². The van der Waals surface area contributed by atoms with Crippen LogP contribution in [0.3, 0.4) is 0 Å². The Labute approximate surface area is 277 Å². The molecule has 11 heteroatoms. The van der Waals surface area contributed by atoms with E-state index < -0.39 is 6.17 Å². The van der Waals surface area contributed by atoms with Gasteiger partial charge in [-0.25, -0.2) is 4.39 Å². The maximum atomic E-state index is 14.6. The predicted molar refractivity (Wildman–Crippen MR) is 178 cm³/mol. The third-order valence-corrected chi connectivity index (χ3v) is 12.8. The number of hydrogen-bond donors (Lipinski definition) is 2. The fourth-order valence-electron chi connectivity index (χ4n) is 10.1. The first-order valence-corrected chi connectivity index (χ1v) is 18.0. The summed E-state index contributed by atoms with van der Waals surface area (Å²) >= 11 is 7.04. The number of hydrogen-bond acceptors (Lipinski definition) is 8. The number of halogens is 2. The minimum Gasteiger partial charge on any atom is -0.461 e. The van der Waals surface area contributed by atoms with E-state index in [9.17, 15) is 4.39 Å². The molecule has 6 fully saturated rings. The van der Waals surface area contributed by atoms with Gasteiger partial charge in [0.25, 0.3) is 0 Å². The molecule has 4 aliphatic heterocycles. The van der Waals surface area contributed by atoms with E-state index in [-0.39, 0.29) is 11.0 Å². The third-order valence-electron chi connectivity index (χ3n) is 12.5. The van der Waals surface area contributed by atoms with Crippen LogP contribution >= 0.6 is 11.6 Å². The quantitative estimate of drug-likeness (QED) is 0.266. The van der Waals surface area contributed by atoms with E-state index in [0.29, 0.717) is 43.6 Å². The van der Waals surface area contributed by atoms with Gasteiger partial charge in [-0.2, -0.15) is 15.1 Å². The predicted octanol–water partition coefficient (Wildman–Crippen LogP) is 5.90. The van der Waals surface area contributed by atoms with Crippen molar-refractivity contribution >= 4 is 28.3 Å². The topological polar surface area (TPSA) is 95.1 Å². The molecule has 4 atom stereocenters. The van der Waals surface area contributed by atoms with Crippen LogP contribution in [0.5, 0.6) is 6.01 Å². The van der Waals surface area contributed by atoms with E-state index in [0.717, 1.165) is 102 Å². The van der Waals surface area contributed by atoms with Crippen LogP contribution in [0.2, 0.25) is 5.02 Å². The first kappa shape index (κ1) is 27.6. The second kappa shape index (κ2) is 9.64. The molecule has 3 aromatic heterocycles. The summed E-state index contributed by atoms with van der Waals surface area (Å²) in [4.78, 5) is 20.5. The number of ether oxygens (including phenoxy) is 1. The van der Waals surface area contributed by atoms with Crippen molar-refractivity contribution in [1.82, 2.24) is 35.4 Å².